The molecule has 6 rings (SSSR count). The molecule has 5 heterocycles. The first kappa shape index (κ1) is 25.2. The molecular weight excluding hydrogens is 521 g/mol. The Kier molecular flexibility index (Phi) is 6.54. The number of carbonyl (C=O) groups excluding carboxylic acids is 1. The Labute approximate surface area is 221 Å². The Hall–Kier alpha value is -3.13. The highest BCUT2D eigenvalue weighted by Gasteiger charge is 2.43. The van der Waals surface area contributed by atoms with E-state index in [0.29, 0.717) is 40.1 Å². The standard InChI is InChI=1S/C24H29F3N8O2S/c1-37-21-30-22(38-32-21)31-23(36)33-12-15-9-19(10-16(15)13-33)29-18-3-5-34(6-4-18)35-7-2-14-8-17(24(25,26)27)11-28-20(14)35/h2,7-8,11,15-16,18-19,29H,3-6,9-10,12-13H2,1H3,(H,30,31,32,36)/t15-,16+,19?. The van der Waals surface area contributed by atoms with Crippen LogP contribution in [-0.2, 0) is 6.18 Å². The maximum atomic E-state index is 13.0. The number of anilines is 1. The largest absolute Gasteiger partial charge is 0.466 e. The van der Waals surface area contributed by atoms with Gasteiger partial charge < -0.3 is 20.0 Å². The third-order valence-corrected chi connectivity index (χ3v) is 8.54. The quantitative estimate of drug-likeness (QED) is 0.501. The molecule has 0 spiro atoms. The van der Waals surface area contributed by atoms with Gasteiger partial charge in [0.1, 0.15) is 0 Å². The van der Waals surface area contributed by atoms with E-state index in [0.717, 1.165) is 75.7 Å². The summed E-state index contributed by atoms with van der Waals surface area (Å²) >= 11 is 1.10. The Bertz CT molecular complexity index is 1290. The highest BCUT2D eigenvalue weighted by atomic mass is 32.1. The number of alkyl halides is 3. The second-order valence-corrected chi connectivity index (χ2v) is 11.1. The van der Waals surface area contributed by atoms with Crippen LogP contribution in [0.25, 0.3) is 11.0 Å². The number of nitrogens with one attached hydrogen (secondary N) is 2. The molecule has 14 heteroatoms. The predicted molar refractivity (Wildman–Crippen MR) is 136 cm³/mol. The van der Waals surface area contributed by atoms with Gasteiger partial charge >= 0.3 is 18.2 Å². The fourth-order valence-corrected chi connectivity index (χ4v) is 6.62. The van der Waals surface area contributed by atoms with Crippen molar-refractivity contribution in [3.8, 4) is 6.01 Å². The molecule has 204 valence electrons. The van der Waals surface area contributed by atoms with Crippen molar-refractivity contribution < 1.29 is 22.7 Å². The molecule has 10 nitrogen and oxygen atoms in total. The number of hydrogen-bond acceptors (Lipinski definition) is 8. The molecule has 3 atom stereocenters. The Balaban J connectivity index is 0.974. The summed E-state index contributed by atoms with van der Waals surface area (Å²) in [6.07, 6.45) is 2.31. The number of aromatic nitrogens is 4. The molecule has 0 aromatic carbocycles. The Morgan fingerprint density at radius 2 is 1.89 bits per heavy atom. The average molecular weight is 551 g/mol. The molecule has 3 aromatic heterocycles. The Morgan fingerprint density at radius 1 is 1.16 bits per heavy atom. The molecular formula is C24H29F3N8O2S. The molecule has 38 heavy (non-hydrogen) atoms. The number of halogens is 3. The van der Waals surface area contributed by atoms with Gasteiger partial charge in [-0.25, -0.2) is 14.5 Å². The van der Waals surface area contributed by atoms with Crippen LogP contribution in [-0.4, -0.2) is 75.3 Å². The Morgan fingerprint density at radius 3 is 2.55 bits per heavy atom. The van der Waals surface area contributed by atoms with E-state index in [1.54, 1.807) is 12.3 Å². The van der Waals surface area contributed by atoms with Crippen LogP contribution in [0, 0.1) is 11.8 Å². The summed E-state index contributed by atoms with van der Waals surface area (Å²) in [6.45, 7) is 3.09. The van der Waals surface area contributed by atoms with Crippen LogP contribution in [0.3, 0.4) is 0 Å². The van der Waals surface area contributed by atoms with Gasteiger partial charge in [-0.05, 0) is 49.7 Å². The molecule has 0 radical (unpaired) electrons. The smallest absolute Gasteiger partial charge is 0.417 e. The maximum Gasteiger partial charge on any atom is 0.417 e. The SMILES string of the molecule is COc1nsc(NC(=O)N2C[C@H]3CC(NC4CCN(n5ccc6cc(C(F)(F)F)cnc65)CC4)C[C@H]3C2)n1. The lowest BCUT2D eigenvalue weighted by atomic mass is 10.0. The van der Waals surface area contributed by atoms with Crippen molar-refractivity contribution in [2.45, 2.75) is 43.9 Å². The van der Waals surface area contributed by atoms with Crippen molar-refractivity contribution in [1.82, 2.24) is 29.2 Å². The molecule has 1 saturated carbocycles. The molecule has 3 fully saturated rings. The lowest BCUT2D eigenvalue weighted by Gasteiger charge is -2.36. The van der Waals surface area contributed by atoms with Crippen molar-refractivity contribution in [3.05, 3.63) is 30.1 Å². The molecule has 3 aromatic rings. The normalized spacial score (nSPS) is 24.3. The summed E-state index contributed by atoms with van der Waals surface area (Å²) in [5.41, 5.74) is -0.180. The first-order valence-corrected chi connectivity index (χ1v) is 13.5. The van der Waals surface area contributed by atoms with E-state index in [1.165, 1.54) is 7.11 Å². The van der Waals surface area contributed by atoms with Gasteiger partial charge in [0.15, 0.2) is 5.65 Å². The molecule has 2 amide bonds. The third-order valence-electron chi connectivity index (χ3n) is 7.92. The summed E-state index contributed by atoms with van der Waals surface area (Å²) in [6, 6.07) is 3.79. The van der Waals surface area contributed by atoms with Crippen molar-refractivity contribution in [2.24, 2.45) is 11.8 Å². The van der Waals surface area contributed by atoms with E-state index in [1.807, 2.05) is 9.58 Å². The van der Waals surface area contributed by atoms with Crippen LogP contribution in [0.2, 0.25) is 0 Å². The molecule has 2 aliphatic heterocycles. The summed E-state index contributed by atoms with van der Waals surface area (Å²) in [5.74, 6) is 0.974. The second-order valence-electron chi connectivity index (χ2n) is 10.3. The summed E-state index contributed by atoms with van der Waals surface area (Å²) in [5, 5.41) is 9.73. The van der Waals surface area contributed by atoms with Crippen LogP contribution in [0.1, 0.15) is 31.2 Å². The maximum absolute atomic E-state index is 13.0. The molecule has 3 aliphatic rings. The molecule has 2 saturated heterocycles. The minimum Gasteiger partial charge on any atom is -0.466 e. The number of likely N-dealkylation sites (tertiary alicyclic amines) is 1. The number of pyridine rings is 1. The number of hydrogen-bond donors (Lipinski definition) is 2. The third kappa shape index (κ3) is 4.98. The minimum atomic E-state index is -4.40. The number of fused-ring (bicyclic) bond motifs is 2. The fraction of sp³-hybridized carbons (Fsp3) is 0.583. The van der Waals surface area contributed by atoms with Gasteiger partial charge in [-0.2, -0.15) is 18.2 Å². The van der Waals surface area contributed by atoms with Crippen molar-refractivity contribution >= 4 is 33.7 Å². The average Bonchev–Trinajstić information content (AvgIpc) is 3.66. The number of ether oxygens (including phenoxy) is 1. The molecule has 2 N–H and O–H groups in total. The topological polar surface area (TPSA) is 100 Å². The van der Waals surface area contributed by atoms with Gasteiger partial charge in [0, 0.05) is 67.6 Å². The van der Waals surface area contributed by atoms with Crippen LogP contribution in [0.5, 0.6) is 6.01 Å². The van der Waals surface area contributed by atoms with Gasteiger partial charge in [0.05, 0.1) is 12.7 Å². The van der Waals surface area contributed by atoms with Gasteiger partial charge in [-0.15, -0.1) is 4.37 Å². The summed E-state index contributed by atoms with van der Waals surface area (Å²) < 4.78 is 49.9. The van der Waals surface area contributed by atoms with E-state index >= 15 is 0 Å². The number of methoxy groups -OCH3 is 1. The van der Waals surface area contributed by atoms with Gasteiger partial charge in [0.25, 0.3) is 0 Å². The number of amides is 2. The van der Waals surface area contributed by atoms with E-state index in [9.17, 15) is 18.0 Å². The van der Waals surface area contributed by atoms with Crippen LogP contribution in [0.4, 0.5) is 23.1 Å². The summed E-state index contributed by atoms with van der Waals surface area (Å²) in [4.78, 5) is 22.7. The molecule has 1 aliphatic carbocycles. The zero-order valence-electron chi connectivity index (χ0n) is 20.8. The lowest BCUT2D eigenvalue weighted by molar-refractivity contribution is -0.137. The van der Waals surface area contributed by atoms with E-state index in [4.69, 9.17) is 4.74 Å². The van der Waals surface area contributed by atoms with Crippen LogP contribution >= 0.6 is 11.5 Å². The number of urea groups is 1. The lowest BCUT2D eigenvalue weighted by Crippen LogP contribution is -2.49. The highest BCUT2D eigenvalue weighted by Crippen LogP contribution is 2.39. The number of piperidine rings is 1. The fourth-order valence-electron chi connectivity index (χ4n) is 6.09. The van der Waals surface area contributed by atoms with Crippen molar-refractivity contribution in [2.75, 3.05) is 43.6 Å². The van der Waals surface area contributed by atoms with Crippen LogP contribution in [0.15, 0.2) is 24.5 Å². The first-order valence-electron chi connectivity index (χ1n) is 12.8. The molecule has 1 unspecified atom stereocenters. The van der Waals surface area contributed by atoms with E-state index < -0.39 is 11.7 Å². The number of nitrogens with zero attached hydrogens (tertiary/aromatic N) is 6. The zero-order valence-corrected chi connectivity index (χ0v) is 21.6. The molecule has 0 bridgehead atoms. The predicted octanol–water partition coefficient (Wildman–Crippen LogP) is 3.55. The van der Waals surface area contributed by atoms with Gasteiger partial charge in [-0.1, -0.05) is 0 Å². The number of carbonyl (C=O) groups is 1. The van der Waals surface area contributed by atoms with E-state index in [2.05, 4.69) is 30.0 Å². The number of rotatable bonds is 5. The van der Waals surface area contributed by atoms with Gasteiger partial charge in [-0.3, -0.25) is 5.32 Å². The van der Waals surface area contributed by atoms with E-state index in [-0.39, 0.29) is 12.0 Å². The van der Waals surface area contributed by atoms with Crippen molar-refractivity contribution in [3.63, 3.8) is 0 Å². The monoisotopic (exact) mass is 550 g/mol. The minimum absolute atomic E-state index is 0.142. The zero-order chi connectivity index (χ0) is 26.4. The first-order chi connectivity index (χ1) is 18.3. The summed E-state index contributed by atoms with van der Waals surface area (Å²) in [7, 11) is 1.49. The highest BCUT2D eigenvalue weighted by molar-refractivity contribution is 7.10. The van der Waals surface area contributed by atoms with Crippen LogP contribution < -0.4 is 20.4 Å². The van der Waals surface area contributed by atoms with Gasteiger partial charge in [0.2, 0.25) is 5.13 Å². The second kappa shape index (κ2) is 9.88. The van der Waals surface area contributed by atoms with Crippen molar-refractivity contribution in [1.29, 1.82) is 0 Å².